The Hall–Kier alpha value is -1.55. The molecule has 1 amide bonds. The third kappa shape index (κ3) is 3.75. The fourth-order valence-corrected chi connectivity index (χ4v) is 5.12. The summed E-state index contributed by atoms with van der Waals surface area (Å²) in [5, 5.41) is 9.87. The maximum absolute atomic E-state index is 12.6. The summed E-state index contributed by atoms with van der Waals surface area (Å²) in [6.45, 7) is 6.40. The van der Waals surface area contributed by atoms with Crippen molar-refractivity contribution in [1.82, 2.24) is 4.90 Å². The number of nitriles is 1. The van der Waals surface area contributed by atoms with E-state index in [1.807, 2.05) is 45.0 Å². The minimum atomic E-state index is -0.564. The molecular weight excluding hydrogens is 436 g/mol. The summed E-state index contributed by atoms with van der Waals surface area (Å²) in [5.41, 5.74) is 1.41. The van der Waals surface area contributed by atoms with Gasteiger partial charge in [0.05, 0.1) is 11.6 Å². The highest BCUT2D eigenvalue weighted by Gasteiger charge is 2.36. The first kappa shape index (κ1) is 19.2. The van der Waals surface area contributed by atoms with Gasteiger partial charge in [0, 0.05) is 21.8 Å². The molecule has 0 radical (unpaired) electrons. The molecule has 4 nitrogen and oxygen atoms in total. The molecule has 0 aliphatic carbocycles. The smallest absolute Gasteiger partial charge is 0.410 e. The van der Waals surface area contributed by atoms with Gasteiger partial charge in [-0.3, -0.25) is 0 Å². The molecule has 1 aromatic heterocycles. The van der Waals surface area contributed by atoms with Crippen LogP contribution in [-0.4, -0.2) is 23.1 Å². The number of fused-ring (bicyclic) bond motifs is 1. The fourth-order valence-electron chi connectivity index (χ4n) is 3.03. The zero-order valence-corrected chi connectivity index (χ0v) is 17.8. The lowest BCUT2D eigenvalue weighted by atomic mass is 9.88. The molecule has 26 heavy (non-hydrogen) atoms. The number of nitrogens with zero attached hydrogens (tertiary/aromatic N) is 2. The quantitative estimate of drug-likeness (QED) is 0.538. The van der Waals surface area contributed by atoms with Crippen LogP contribution in [0.5, 0.6) is 0 Å². The molecular formula is C19H18BrClN2O2S. The topological polar surface area (TPSA) is 53.3 Å². The Morgan fingerprint density at radius 3 is 2.73 bits per heavy atom. The summed E-state index contributed by atoms with van der Waals surface area (Å²) in [7, 11) is 0. The van der Waals surface area contributed by atoms with Crippen LogP contribution in [-0.2, 0) is 11.3 Å². The lowest BCUT2D eigenvalue weighted by molar-refractivity contribution is 0.0216. The van der Waals surface area contributed by atoms with Gasteiger partial charge in [-0.05, 0) is 38.0 Å². The van der Waals surface area contributed by atoms with Gasteiger partial charge in [-0.15, -0.1) is 11.3 Å². The molecule has 1 aliphatic heterocycles. The standard InChI is InChI=1S/C19H18BrClN2O2S/c1-19(2,3)25-18(24)23-9-12(11-6-4-5-7-13(11)20)16-15(10-23)26-14(8-22)17(16)21/h4-7,12H,9-10H2,1-3H3. The monoisotopic (exact) mass is 452 g/mol. The van der Waals surface area contributed by atoms with Crippen molar-refractivity contribution in [2.45, 2.75) is 38.8 Å². The molecule has 0 saturated carbocycles. The van der Waals surface area contributed by atoms with Gasteiger partial charge in [0.25, 0.3) is 0 Å². The second-order valence-corrected chi connectivity index (χ2v) is 9.47. The van der Waals surface area contributed by atoms with Gasteiger partial charge in [0.2, 0.25) is 0 Å². The van der Waals surface area contributed by atoms with Crippen molar-refractivity contribution in [2.24, 2.45) is 0 Å². The van der Waals surface area contributed by atoms with Crippen molar-refractivity contribution in [2.75, 3.05) is 6.54 Å². The second kappa shape index (κ2) is 7.22. The molecule has 2 aromatic rings. The van der Waals surface area contributed by atoms with E-state index in [9.17, 15) is 10.1 Å². The van der Waals surface area contributed by atoms with Crippen molar-refractivity contribution in [3.05, 3.63) is 54.6 Å². The van der Waals surface area contributed by atoms with E-state index in [0.717, 1.165) is 20.5 Å². The van der Waals surface area contributed by atoms with Crippen molar-refractivity contribution in [3.63, 3.8) is 0 Å². The van der Waals surface area contributed by atoms with E-state index < -0.39 is 5.60 Å². The number of amides is 1. The summed E-state index contributed by atoms with van der Waals surface area (Å²) < 4.78 is 6.50. The molecule has 136 valence electrons. The highest BCUT2D eigenvalue weighted by molar-refractivity contribution is 9.10. The molecule has 3 rings (SSSR count). The van der Waals surface area contributed by atoms with Crippen LogP contribution in [0.2, 0.25) is 5.02 Å². The number of hydrogen-bond acceptors (Lipinski definition) is 4. The van der Waals surface area contributed by atoms with Crippen LogP contribution in [0.3, 0.4) is 0 Å². The van der Waals surface area contributed by atoms with Gasteiger partial charge in [-0.1, -0.05) is 45.7 Å². The van der Waals surface area contributed by atoms with E-state index in [1.54, 1.807) is 4.90 Å². The molecule has 1 aliphatic rings. The number of carbonyl (C=O) groups is 1. The van der Waals surface area contributed by atoms with E-state index in [-0.39, 0.29) is 12.0 Å². The fraction of sp³-hybridized carbons (Fsp3) is 0.368. The van der Waals surface area contributed by atoms with Crippen LogP contribution in [0.15, 0.2) is 28.7 Å². The zero-order chi connectivity index (χ0) is 19.1. The van der Waals surface area contributed by atoms with Crippen molar-refractivity contribution in [3.8, 4) is 6.07 Å². The average molecular weight is 454 g/mol. The van der Waals surface area contributed by atoms with Gasteiger partial charge in [0.15, 0.2) is 0 Å². The lowest BCUT2D eigenvalue weighted by Crippen LogP contribution is -2.41. The average Bonchev–Trinajstić information content (AvgIpc) is 2.89. The Labute approximate surface area is 170 Å². The molecule has 0 fully saturated rings. The molecule has 2 heterocycles. The van der Waals surface area contributed by atoms with E-state index in [1.165, 1.54) is 11.3 Å². The largest absolute Gasteiger partial charge is 0.444 e. The van der Waals surface area contributed by atoms with Gasteiger partial charge in [-0.25, -0.2) is 4.79 Å². The van der Waals surface area contributed by atoms with Gasteiger partial charge < -0.3 is 9.64 Å². The van der Waals surface area contributed by atoms with Gasteiger partial charge >= 0.3 is 6.09 Å². The summed E-state index contributed by atoms with van der Waals surface area (Å²) in [4.78, 5) is 15.8. The molecule has 1 aromatic carbocycles. The number of benzene rings is 1. The maximum atomic E-state index is 12.6. The molecule has 1 atom stereocenters. The highest BCUT2D eigenvalue weighted by atomic mass is 79.9. The summed E-state index contributed by atoms with van der Waals surface area (Å²) in [6.07, 6.45) is -0.358. The number of thiophene rings is 1. The molecule has 0 spiro atoms. The molecule has 1 unspecified atom stereocenters. The predicted molar refractivity (Wildman–Crippen MR) is 107 cm³/mol. The molecule has 0 N–H and O–H groups in total. The number of halogens is 2. The van der Waals surface area contributed by atoms with Crippen LogP contribution in [0.25, 0.3) is 0 Å². The third-order valence-electron chi connectivity index (χ3n) is 4.08. The summed E-state index contributed by atoms with van der Waals surface area (Å²) in [5.74, 6) is -0.118. The predicted octanol–water partition coefficient (Wildman–Crippen LogP) is 5.92. The van der Waals surface area contributed by atoms with Gasteiger partial charge in [0.1, 0.15) is 16.5 Å². The molecule has 0 saturated heterocycles. The maximum Gasteiger partial charge on any atom is 0.410 e. The minimum absolute atomic E-state index is 0.118. The van der Waals surface area contributed by atoms with E-state index in [0.29, 0.717) is 23.0 Å². The normalized spacial score (nSPS) is 16.8. The first-order valence-electron chi connectivity index (χ1n) is 8.14. The van der Waals surface area contributed by atoms with E-state index in [2.05, 4.69) is 22.0 Å². The Morgan fingerprint density at radius 2 is 2.12 bits per heavy atom. The van der Waals surface area contributed by atoms with Gasteiger partial charge in [-0.2, -0.15) is 5.26 Å². The molecule has 7 heteroatoms. The number of ether oxygens (including phenoxy) is 1. The van der Waals surface area contributed by atoms with Crippen molar-refractivity contribution < 1.29 is 9.53 Å². The second-order valence-electron chi connectivity index (χ2n) is 7.13. The van der Waals surface area contributed by atoms with E-state index in [4.69, 9.17) is 16.3 Å². The SMILES string of the molecule is CC(C)(C)OC(=O)N1Cc2sc(C#N)c(Cl)c2C(c2ccccc2Br)C1. The van der Waals surface area contributed by atoms with Crippen molar-refractivity contribution in [1.29, 1.82) is 5.26 Å². The minimum Gasteiger partial charge on any atom is -0.444 e. The first-order chi connectivity index (χ1) is 12.2. The van der Waals surface area contributed by atoms with Crippen molar-refractivity contribution >= 4 is 45.0 Å². The Bertz CT molecular complexity index is 898. The lowest BCUT2D eigenvalue weighted by Gasteiger charge is -2.35. The van der Waals surface area contributed by atoms with Crippen LogP contribution in [0.1, 0.15) is 47.6 Å². The van der Waals surface area contributed by atoms with Crippen LogP contribution >= 0.6 is 38.9 Å². The van der Waals surface area contributed by atoms with E-state index >= 15 is 0 Å². The first-order valence-corrected chi connectivity index (χ1v) is 10.1. The summed E-state index contributed by atoms with van der Waals surface area (Å²) in [6, 6.07) is 10.0. The summed E-state index contributed by atoms with van der Waals surface area (Å²) >= 11 is 11.5. The Morgan fingerprint density at radius 1 is 1.42 bits per heavy atom. The molecule has 0 bridgehead atoms. The number of hydrogen-bond donors (Lipinski definition) is 0. The van der Waals surface area contributed by atoms with Crippen LogP contribution in [0.4, 0.5) is 4.79 Å². The van der Waals surface area contributed by atoms with Crippen LogP contribution < -0.4 is 0 Å². The third-order valence-corrected chi connectivity index (χ3v) is 6.40. The Balaban J connectivity index is 2.06. The zero-order valence-electron chi connectivity index (χ0n) is 14.7. The number of rotatable bonds is 1. The Kier molecular flexibility index (Phi) is 5.34. The van der Waals surface area contributed by atoms with Crippen LogP contribution in [0, 0.1) is 11.3 Å². The highest BCUT2D eigenvalue weighted by Crippen LogP contribution is 2.45. The number of carbonyl (C=O) groups excluding carboxylic acids is 1.